The second-order valence-electron chi connectivity index (χ2n) is 4.47. The summed E-state index contributed by atoms with van der Waals surface area (Å²) < 4.78 is 27.2. The topological polar surface area (TPSA) is 90.5 Å². The van der Waals surface area contributed by atoms with Gasteiger partial charge in [0.05, 0.1) is 6.04 Å². The average Bonchev–Trinajstić information content (AvgIpc) is 2.55. The first-order valence-corrected chi connectivity index (χ1v) is 7.34. The summed E-state index contributed by atoms with van der Waals surface area (Å²) in [6.45, 7) is 2.76. The van der Waals surface area contributed by atoms with Gasteiger partial charge in [0.2, 0.25) is 0 Å². The zero-order valence-electron chi connectivity index (χ0n) is 10.5. The lowest BCUT2D eigenvalue weighted by Crippen LogP contribution is -2.49. The Morgan fingerprint density at radius 3 is 2.18 bits per heavy atom. The monoisotopic (exact) mass is 262 g/mol. The number of rotatable bonds is 4. The third-order valence-corrected chi connectivity index (χ3v) is 5.31. The van der Waals surface area contributed by atoms with Crippen molar-refractivity contribution in [2.45, 2.75) is 38.6 Å². The van der Waals surface area contributed by atoms with Crippen LogP contribution in [0.15, 0.2) is 0 Å². The predicted octanol–water partition coefficient (Wildman–Crippen LogP) is 0.363. The lowest BCUT2D eigenvalue weighted by molar-refractivity contribution is 0.356. The fourth-order valence-corrected chi connectivity index (χ4v) is 3.45. The summed E-state index contributed by atoms with van der Waals surface area (Å²) in [7, 11) is -2.01. The zero-order valence-corrected chi connectivity index (χ0v) is 11.3. The van der Waals surface area contributed by atoms with Gasteiger partial charge < -0.3 is 5.73 Å². The van der Waals surface area contributed by atoms with Crippen molar-refractivity contribution in [3.8, 4) is 0 Å². The molecule has 1 fully saturated rings. The second kappa shape index (κ2) is 5.79. The van der Waals surface area contributed by atoms with Gasteiger partial charge in [-0.05, 0) is 19.8 Å². The van der Waals surface area contributed by atoms with E-state index in [-0.39, 0.29) is 5.84 Å². The van der Waals surface area contributed by atoms with E-state index >= 15 is 0 Å². The Morgan fingerprint density at radius 2 is 1.76 bits per heavy atom. The van der Waals surface area contributed by atoms with Gasteiger partial charge in [-0.2, -0.15) is 17.0 Å². The molecule has 0 bridgehead atoms. The van der Waals surface area contributed by atoms with Gasteiger partial charge in [-0.25, -0.2) is 0 Å². The van der Waals surface area contributed by atoms with Crippen molar-refractivity contribution in [2.24, 2.45) is 5.73 Å². The Kier molecular flexibility index (Phi) is 4.91. The summed E-state index contributed by atoms with van der Waals surface area (Å²) in [5, 5.41) is 7.32. The van der Waals surface area contributed by atoms with Gasteiger partial charge in [0.15, 0.2) is 0 Å². The molecule has 6 nitrogen and oxygen atoms in total. The first-order chi connectivity index (χ1) is 7.87. The third kappa shape index (κ3) is 3.40. The normalized spacial score (nSPS) is 21.1. The predicted molar refractivity (Wildman–Crippen MR) is 68.1 cm³/mol. The van der Waals surface area contributed by atoms with Crippen molar-refractivity contribution < 1.29 is 8.42 Å². The molecule has 0 aliphatic carbocycles. The van der Waals surface area contributed by atoms with Crippen molar-refractivity contribution in [3.63, 3.8) is 0 Å². The molecule has 0 aromatic heterocycles. The van der Waals surface area contributed by atoms with Gasteiger partial charge in [-0.3, -0.25) is 5.41 Å². The van der Waals surface area contributed by atoms with Crippen LogP contribution in [0.1, 0.15) is 32.6 Å². The van der Waals surface area contributed by atoms with Crippen LogP contribution in [-0.4, -0.2) is 49.0 Å². The SMILES string of the molecule is CC(C(=N)N)N(C)S(=O)(=O)N1CCCCCC1. The van der Waals surface area contributed by atoms with Crippen molar-refractivity contribution in [1.82, 2.24) is 8.61 Å². The summed E-state index contributed by atoms with van der Waals surface area (Å²) in [4.78, 5) is 0. The van der Waals surface area contributed by atoms with Crippen LogP contribution >= 0.6 is 0 Å². The van der Waals surface area contributed by atoms with Gasteiger partial charge in [0, 0.05) is 20.1 Å². The van der Waals surface area contributed by atoms with Gasteiger partial charge in [0.1, 0.15) is 5.84 Å². The van der Waals surface area contributed by atoms with Crippen molar-refractivity contribution in [2.75, 3.05) is 20.1 Å². The number of nitrogens with one attached hydrogen (secondary N) is 1. The van der Waals surface area contributed by atoms with E-state index in [1.165, 1.54) is 15.7 Å². The molecule has 0 amide bonds. The number of amidine groups is 1. The highest BCUT2D eigenvalue weighted by atomic mass is 32.2. The molecule has 0 aromatic rings. The van der Waals surface area contributed by atoms with E-state index in [4.69, 9.17) is 11.1 Å². The average molecular weight is 262 g/mol. The van der Waals surface area contributed by atoms with Crippen LogP contribution in [0.2, 0.25) is 0 Å². The van der Waals surface area contributed by atoms with Crippen LogP contribution in [0.5, 0.6) is 0 Å². The maximum absolute atomic E-state index is 12.3. The molecule has 0 radical (unpaired) electrons. The smallest absolute Gasteiger partial charge is 0.282 e. The molecule has 1 aliphatic rings. The Morgan fingerprint density at radius 1 is 1.29 bits per heavy atom. The molecule has 1 saturated heterocycles. The third-order valence-electron chi connectivity index (χ3n) is 3.25. The van der Waals surface area contributed by atoms with Crippen molar-refractivity contribution >= 4 is 16.0 Å². The van der Waals surface area contributed by atoms with Gasteiger partial charge >= 0.3 is 0 Å². The molecule has 0 spiro atoms. The highest BCUT2D eigenvalue weighted by molar-refractivity contribution is 7.86. The van der Waals surface area contributed by atoms with E-state index in [9.17, 15) is 8.42 Å². The largest absolute Gasteiger partial charge is 0.386 e. The first-order valence-electron chi connectivity index (χ1n) is 5.94. The van der Waals surface area contributed by atoms with Crippen LogP contribution < -0.4 is 5.73 Å². The van der Waals surface area contributed by atoms with E-state index in [2.05, 4.69) is 0 Å². The van der Waals surface area contributed by atoms with Crippen LogP contribution in [0, 0.1) is 5.41 Å². The number of likely N-dealkylation sites (N-methyl/N-ethyl adjacent to an activating group) is 1. The van der Waals surface area contributed by atoms with Crippen LogP contribution in [0.4, 0.5) is 0 Å². The second-order valence-corrected chi connectivity index (χ2v) is 6.46. The van der Waals surface area contributed by atoms with E-state index in [0.29, 0.717) is 13.1 Å². The molecular weight excluding hydrogens is 240 g/mol. The number of hydrogen-bond acceptors (Lipinski definition) is 3. The van der Waals surface area contributed by atoms with Gasteiger partial charge in [-0.15, -0.1) is 0 Å². The Labute approximate surface area is 103 Å². The first kappa shape index (κ1) is 14.4. The lowest BCUT2D eigenvalue weighted by atomic mass is 10.2. The maximum Gasteiger partial charge on any atom is 0.282 e. The molecule has 3 N–H and O–H groups in total. The van der Waals surface area contributed by atoms with E-state index < -0.39 is 16.3 Å². The summed E-state index contributed by atoms with van der Waals surface area (Å²) in [5.74, 6) is -0.133. The fourth-order valence-electron chi connectivity index (χ4n) is 1.85. The summed E-state index contributed by atoms with van der Waals surface area (Å²) in [6.07, 6.45) is 3.97. The molecule has 7 heteroatoms. The van der Waals surface area contributed by atoms with E-state index in [1.807, 2.05) is 0 Å². The molecule has 1 aliphatic heterocycles. The maximum atomic E-state index is 12.3. The van der Waals surface area contributed by atoms with Gasteiger partial charge in [0.25, 0.3) is 10.2 Å². The minimum atomic E-state index is -3.48. The Bertz CT molecular complexity index is 361. The molecule has 17 heavy (non-hydrogen) atoms. The molecular formula is C10H22N4O2S. The van der Waals surface area contributed by atoms with Crippen molar-refractivity contribution in [1.29, 1.82) is 5.41 Å². The Balaban J connectivity index is 2.81. The number of hydrogen-bond donors (Lipinski definition) is 2. The molecule has 100 valence electrons. The summed E-state index contributed by atoms with van der Waals surface area (Å²) >= 11 is 0. The zero-order chi connectivity index (χ0) is 13.1. The van der Waals surface area contributed by atoms with Crippen LogP contribution in [0.25, 0.3) is 0 Å². The van der Waals surface area contributed by atoms with E-state index in [0.717, 1.165) is 25.7 Å². The Hall–Kier alpha value is -0.660. The summed E-state index contributed by atoms with van der Waals surface area (Å²) in [5.41, 5.74) is 5.35. The highest BCUT2D eigenvalue weighted by Crippen LogP contribution is 2.16. The molecule has 1 unspecified atom stereocenters. The molecule has 1 atom stereocenters. The van der Waals surface area contributed by atoms with E-state index in [1.54, 1.807) is 6.92 Å². The molecule has 0 saturated carbocycles. The fraction of sp³-hybridized carbons (Fsp3) is 0.900. The van der Waals surface area contributed by atoms with Crippen LogP contribution in [0.3, 0.4) is 0 Å². The number of nitrogens with zero attached hydrogens (tertiary/aromatic N) is 2. The minimum Gasteiger partial charge on any atom is -0.386 e. The van der Waals surface area contributed by atoms with Gasteiger partial charge in [-0.1, -0.05) is 12.8 Å². The quantitative estimate of drug-likeness (QED) is 0.566. The lowest BCUT2D eigenvalue weighted by Gasteiger charge is -2.29. The van der Waals surface area contributed by atoms with Crippen LogP contribution in [-0.2, 0) is 10.2 Å². The molecule has 1 rings (SSSR count). The molecule has 1 heterocycles. The summed E-state index contributed by atoms with van der Waals surface area (Å²) in [6, 6.07) is -0.594. The number of nitrogens with two attached hydrogens (primary N) is 1. The minimum absolute atomic E-state index is 0.133. The highest BCUT2D eigenvalue weighted by Gasteiger charge is 2.31. The van der Waals surface area contributed by atoms with Crippen molar-refractivity contribution in [3.05, 3.63) is 0 Å². The standard InChI is InChI=1S/C10H22N4O2S/c1-9(10(11)12)13(2)17(15,16)14-7-5-3-4-6-8-14/h9H,3-8H2,1-2H3,(H3,11,12). The molecule has 0 aromatic carbocycles.